The molecule has 0 radical (unpaired) electrons. The number of benzene rings is 3. The minimum absolute atomic E-state index is 0.0202. The van der Waals surface area contributed by atoms with Crippen LogP contribution < -0.4 is 14.8 Å². The minimum atomic E-state index is -2.27. The lowest BCUT2D eigenvalue weighted by Crippen LogP contribution is -2.59. The largest absolute Gasteiger partial charge is 0.488 e. The molecule has 15 heteroatoms. The maximum Gasteiger partial charge on any atom is 0.407 e. The molecule has 3 aromatic rings. The van der Waals surface area contributed by atoms with E-state index in [1.165, 1.54) is 18.2 Å². The molecule has 0 aromatic heterocycles. The Morgan fingerprint density at radius 3 is 2.12 bits per heavy atom. The third kappa shape index (κ3) is 8.44. The van der Waals surface area contributed by atoms with E-state index in [0.717, 1.165) is 29.4 Å². The van der Waals surface area contributed by atoms with Gasteiger partial charge in [0.15, 0.2) is 11.5 Å². The number of methoxy groups -OCH3 is 1. The Balaban J connectivity index is 1.30. The van der Waals surface area contributed by atoms with E-state index < -0.39 is 86.0 Å². The number of carbonyl (C=O) groups excluding carboxylic acids is 2. The lowest BCUT2D eigenvalue weighted by molar-refractivity contribution is -0.273. The number of fused-ring (bicyclic) bond motifs is 3. The zero-order valence-electron chi connectivity index (χ0n) is 28.2. The molecule has 0 spiro atoms. The zero-order chi connectivity index (χ0) is 37.4. The Morgan fingerprint density at radius 1 is 0.865 bits per heavy atom. The Labute approximate surface area is 298 Å². The normalized spacial score (nSPS) is 20.5. The predicted molar refractivity (Wildman–Crippen MR) is 179 cm³/mol. The van der Waals surface area contributed by atoms with E-state index in [9.17, 15) is 44.4 Å². The van der Waals surface area contributed by atoms with E-state index in [1.54, 1.807) is 0 Å². The van der Waals surface area contributed by atoms with Crippen LogP contribution in [0, 0.1) is 17.8 Å². The summed E-state index contributed by atoms with van der Waals surface area (Å²) >= 11 is 0. The van der Waals surface area contributed by atoms with Crippen LogP contribution in [0.4, 0.5) is 4.79 Å². The molecule has 15 nitrogen and oxygen atoms in total. The summed E-state index contributed by atoms with van der Waals surface area (Å²) in [6.07, 6.45) is -3.14. The van der Waals surface area contributed by atoms with Gasteiger partial charge in [0.1, 0.15) is 19.6 Å². The quantitative estimate of drug-likeness (QED) is 0.105. The molecule has 1 fully saturated rings. The third-order valence-corrected chi connectivity index (χ3v) is 9.26. The maximum atomic E-state index is 12.7. The van der Waals surface area contributed by atoms with Gasteiger partial charge in [0.05, 0.1) is 39.2 Å². The monoisotopic (exact) mass is 721 g/mol. The number of amides is 1. The summed E-state index contributed by atoms with van der Waals surface area (Å²) < 4.78 is 28.3. The number of aliphatic hydroxyl groups excluding tert-OH is 1. The molecule has 1 heterocycles. The highest BCUT2D eigenvalue weighted by molar-refractivity contribution is 5.79. The standard InChI is InChI=1S/C37H39NO14/c1-48-35(46)28-20-51-37(17-34(44)45,29(16-33(42)43)26(28)15-32(40)41)52-30-11-10-21(18-39)14-31(30)49-13-12-38-36(47)50-19-27-24-8-4-2-6-22(24)23-7-3-5-9-25(23)27/h2-11,14,26-29,39H,12-13,15-20H2,1H3,(H,38,47)(H,40,41)(H,42,43)(H,44,45)/t26-,28-,29+,37-/m1/s1. The molecular weight excluding hydrogens is 682 g/mol. The molecule has 5 rings (SSSR count). The van der Waals surface area contributed by atoms with Gasteiger partial charge in [-0.2, -0.15) is 0 Å². The van der Waals surface area contributed by atoms with Crippen molar-refractivity contribution in [3.63, 3.8) is 0 Å². The highest BCUT2D eigenvalue weighted by Crippen LogP contribution is 2.48. The average molecular weight is 722 g/mol. The molecule has 1 amide bonds. The smallest absolute Gasteiger partial charge is 0.407 e. The molecule has 1 saturated heterocycles. The number of carboxylic acids is 3. The van der Waals surface area contributed by atoms with E-state index in [-0.39, 0.29) is 37.2 Å². The summed E-state index contributed by atoms with van der Waals surface area (Å²) in [5, 5.41) is 41.8. The highest BCUT2D eigenvalue weighted by Gasteiger charge is 2.57. The number of aliphatic hydroxyl groups is 1. The van der Waals surface area contributed by atoms with Crippen LogP contribution in [0.1, 0.15) is 41.9 Å². The molecule has 2 aliphatic rings. The van der Waals surface area contributed by atoms with Gasteiger partial charge in [-0.15, -0.1) is 0 Å². The molecular formula is C37H39NO14. The van der Waals surface area contributed by atoms with Crippen molar-refractivity contribution >= 4 is 30.0 Å². The number of nitrogens with one attached hydrogen (secondary N) is 1. The number of ether oxygens (including phenoxy) is 5. The maximum absolute atomic E-state index is 12.7. The lowest BCUT2D eigenvalue weighted by Gasteiger charge is -2.48. The third-order valence-electron chi connectivity index (χ3n) is 9.26. The summed E-state index contributed by atoms with van der Waals surface area (Å²) in [6, 6.07) is 20.0. The Hall–Kier alpha value is -5.67. The van der Waals surface area contributed by atoms with E-state index in [4.69, 9.17) is 23.7 Å². The summed E-state index contributed by atoms with van der Waals surface area (Å²) in [6.45, 7) is -1.02. The first-order valence-corrected chi connectivity index (χ1v) is 16.5. The fraction of sp³-hybridized carbons (Fsp3) is 0.378. The lowest BCUT2D eigenvalue weighted by atomic mass is 9.70. The molecule has 5 N–H and O–H groups in total. The van der Waals surface area contributed by atoms with Crippen molar-refractivity contribution in [3.05, 3.63) is 83.4 Å². The fourth-order valence-electron chi connectivity index (χ4n) is 6.98. The molecule has 4 atom stereocenters. The van der Waals surface area contributed by atoms with Crippen LogP contribution >= 0.6 is 0 Å². The van der Waals surface area contributed by atoms with Gasteiger partial charge in [-0.25, -0.2) is 4.79 Å². The number of alkyl carbamates (subject to hydrolysis) is 1. The van der Waals surface area contributed by atoms with Gasteiger partial charge in [-0.05, 0) is 45.9 Å². The van der Waals surface area contributed by atoms with Gasteiger partial charge in [-0.1, -0.05) is 54.6 Å². The molecule has 1 aliphatic carbocycles. The average Bonchev–Trinajstić information content (AvgIpc) is 3.44. The first-order chi connectivity index (χ1) is 25.0. The van der Waals surface area contributed by atoms with Crippen LogP contribution in [-0.4, -0.2) is 89.7 Å². The van der Waals surface area contributed by atoms with Gasteiger partial charge in [0.2, 0.25) is 5.79 Å². The van der Waals surface area contributed by atoms with Crippen LogP contribution in [0.25, 0.3) is 11.1 Å². The van der Waals surface area contributed by atoms with Gasteiger partial charge in [0.25, 0.3) is 0 Å². The number of hydrogen-bond acceptors (Lipinski definition) is 11. The molecule has 0 unspecified atom stereocenters. The van der Waals surface area contributed by atoms with Gasteiger partial charge < -0.3 is 49.4 Å². The van der Waals surface area contributed by atoms with Crippen molar-refractivity contribution in [3.8, 4) is 22.6 Å². The van der Waals surface area contributed by atoms with Crippen molar-refractivity contribution in [2.75, 3.05) is 33.5 Å². The van der Waals surface area contributed by atoms with Crippen LogP contribution in [0.5, 0.6) is 11.5 Å². The Kier molecular flexibility index (Phi) is 12.0. The van der Waals surface area contributed by atoms with Crippen LogP contribution in [0.3, 0.4) is 0 Å². The summed E-state index contributed by atoms with van der Waals surface area (Å²) in [7, 11) is 1.08. The topological polar surface area (TPSA) is 224 Å². The highest BCUT2D eigenvalue weighted by atomic mass is 16.7. The number of esters is 1. The zero-order valence-corrected chi connectivity index (χ0v) is 28.2. The molecule has 276 valence electrons. The fourth-order valence-corrected chi connectivity index (χ4v) is 6.98. The summed E-state index contributed by atoms with van der Waals surface area (Å²) in [5.41, 5.74) is 4.66. The number of rotatable bonds is 16. The second kappa shape index (κ2) is 16.6. The molecule has 3 aromatic carbocycles. The van der Waals surface area contributed by atoms with Crippen LogP contribution in [-0.2, 0) is 40.0 Å². The van der Waals surface area contributed by atoms with Crippen molar-refractivity contribution in [1.82, 2.24) is 5.32 Å². The summed E-state index contributed by atoms with van der Waals surface area (Å²) in [4.78, 5) is 61.5. The first kappa shape index (κ1) is 37.6. The van der Waals surface area contributed by atoms with E-state index >= 15 is 0 Å². The van der Waals surface area contributed by atoms with Crippen molar-refractivity contribution in [2.45, 2.75) is 37.6 Å². The molecule has 0 bridgehead atoms. The second-order valence-corrected chi connectivity index (χ2v) is 12.4. The second-order valence-electron chi connectivity index (χ2n) is 12.4. The minimum Gasteiger partial charge on any atom is -0.488 e. The van der Waals surface area contributed by atoms with Gasteiger partial charge in [-0.3, -0.25) is 19.2 Å². The predicted octanol–water partition coefficient (Wildman–Crippen LogP) is 3.65. The van der Waals surface area contributed by atoms with E-state index in [2.05, 4.69) is 5.32 Å². The van der Waals surface area contributed by atoms with E-state index in [0.29, 0.717) is 5.56 Å². The number of hydrogen-bond donors (Lipinski definition) is 5. The SMILES string of the molecule is COC(=O)[C@@H]1CO[C@](CC(=O)O)(Oc2ccc(CO)cc2OCCNC(=O)OCC2c3ccccc3-c3ccccc32)[C@@H](CC(=O)O)[C@@H]1CC(=O)O. The molecule has 0 saturated carbocycles. The van der Waals surface area contributed by atoms with Gasteiger partial charge in [0, 0.05) is 18.3 Å². The Bertz CT molecular complexity index is 1760. The number of carboxylic acid groups (broad SMARTS) is 3. The molecule has 52 heavy (non-hydrogen) atoms. The number of aliphatic carboxylic acids is 3. The van der Waals surface area contributed by atoms with Crippen molar-refractivity contribution < 1.29 is 68.1 Å². The molecule has 1 aliphatic heterocycles. The van der Waals surface area contributed by atoms with Crippen LogP contribution in [0.15, 0.2) is 66.7 Å². The van der Waals surface area contributed by atoms with Crippen LogP contribution in [0.2, 0.25) is 0 Å². The number of carbonyl (C=O) groups is 5. The van der Waals surface area contributed by atoms with Crippen molar-refractivity contribution in [1.29, 1.82) is 0 Å². The first-order valence-electron chi connectivity index (χ1n) is 16.5. The van der Waals surface area contributed by atoms with Gasteiger partial charge >= 0.3 is 30.0 Å². The van der Waals surface area contributed by atoms with E-state index in [1.807, 2.05) is 48.5 Å². The Morgan fingerprint density at radius 2 is 1.52 bits per heavy atom. The summed E-state index contributed by atoms with van der Waals surface area (Å²) in [5.74, 6) is -11.6. The van der Waals surface area contributed by atoms with Crippen molar-refractivity contribution in [2.24, 2.45) is 17.8 Å².